The van der Waals surface area contributed by atoms with Crippen LogP contribution in [0.15, 0.2) is 53.6 Å². The van der Waals surface area contributed by atoms with Crippen molar-refractivity contribution in [1.29, 1.82) is 0 Å². The van der Waals surface area contributed by atoms with E-state index < -0.39 is 0 Å². The first-order valence-corrected chi connectivity index (χ1v) is 7.13. The number of nitrogens with one attached hydrogen (secondary N) is 1. The van der Waals surface area contributed by atoms with Gasteiger partial charge in [-0.2, -0.15) is 14.9 Å². The molecule has 1 aromatic heterocycles. The van der Waals surface area contributed by atoms with E-state index in [0.29, 0.717) is 16.2 Å². The molecule has 2 aromatic carbocycles. The van der Waals surface area contributed by atoms with Gasteiger partial charge < -0.3 is 5.11 Å². The summed E-state index contributed by atoms with van der Waals surface area (Å²) in [6.07, 6.45) is 1.57. The van der Waals surface area contributed by atoms with Crippen molar-refractivity contribution in [2.45, 2.75) is 6.92 Å². The molecular weight excluding hydrogens is 296 g/mol. The van der Waals surface area contributed by atoms with Gasteiger partial charge >= 0.3 is 0 Å². The number of phenols is 1. The van der Waals surface area contributed by atoms with Crippen LogP contribution in [0.25, 0.3) is 11.4 Å². The van der Waals surface area contributed by atoms with E-state index in [2.05, 4.69) is 15.3 Å². The minimum atomic E-state index is 0.211. The molecule has 0 aliphatic carbocycles. The van der Waals surface area contributed by atoms with Crippen LogP contribution in [0.1, 0.15) is 11.1 Å². The topological polar surface area (TPSA) is 66.2 Å². The number of phenolic OH excluding ortho intramolecular Hbond substituents is 1. The van der Waals surface area contributed by atoms with Crippen LogP contribution in [0, 0.1) is 11.7 Å². The fourth-order valence-electron chi connectivity index (χ4n) is 2.08. The van der Waals surface area contributed by atoms with Gasteiger partial charge in [-0.15, -0.1) is 0 Å². The fourth-order valence-corrected chi connectivity index (χ4v) is 2.26. The molecule has 2 N–H and O–H groups in total. The van der Waals surface area contributed by atoms with Crippen LogP contribution in [0.4, 0.5) is 0 Å². The van der Waals surface area contributed by atoms with E-state index in [1.54, 1.807) is 12.3 Å². The lowest BCUT2D eigenvalue weighted by molar-refractivity contribution is 0.470. The molecule has 0 saturated heterocycles. The van der Waals surface area contributed by atoms with Gasteiger partial charge in [-0.3, -0.25) is 0 Å². The second-order valence-corrected chi connectivity index (χ2v) is 5.17. The number of aromatic hydroxyl groups is 1. The molecule has 6 heteroatoms. The molecule has 0 amide bonds. The number of rotatable bonds is 3. The maximum Gasteiger partial charge on any atom is 0.216 e. The highest BCUT2D eigenvalue weighted by atomic mass is 32.1. The highest BCUT2D eigenvalue weighted by Gasteiger charge is 2.07. The summed E-state index contributed by atoms with van der Waals surface area (Å²) in [5.74, 6) is 0.830. The maximum atomic E-state index is 10.0. The van der Waals surface area contributed by atoms with Gasteiger partial charge in [-0.1, -0.05) is 42.5 Å². The number of hydrogen-bond donors (Lipinski definition) is 2. The van der Waals surface area contributed by atoms with E-state index >= 15 is 0 Å². The fraction of sp³-hybridized carbons (Fsp3) is 0.0625. The third-order valence-corrected chi connectivity index (χ3v) is 3.53. The van der Waals surface area contributed by atoms with E-state index in [1.165, 1.54) is 4.68 Å². The summed E-state index contributed by atoms with van der Waals surface area (Å²) >= 11 is 5.22. The zero-order chi connectivity index (χ0) is 15.5. The van der Waals surface area contributed by atoms with Gasteiger partial charge in [-0.25, -0.2) is 5.10 Å². The average Bonchev–Trinajstić information content (AvgIpc) is 2.91. The number of benzene rings is 2. The van der Waals surface area contributed by atoms with E-state index in [4.69, 9.17) is 12.2 Å². The second-order valence-electron chi connectivity index (χ2n) is 4.79. The van der Waals surface area contributed by atoms with Crippen molar-refractivity contribution in [1.82, 2.24) is 14.9 Å². The summed E-state index contributed by atoms with van der Waals surface area (Å²) in [7, 11) is 0. The molecule has 110 valence electrons. The van der Waals surface area contributed by atoms with Crippen molar-refractivity contribution in [2.24, 2.45) is 5.10 Å². The smallest absolute Gasteiger partial charge is 0.216 e. The Labute approximate surface area is 132 Å². The molecule has 5 nitrogen and oxygen atoms in total. The quantitative estimate of drug-likeness (QED) is 0.575. The molecule has 0 bridgehead atoms. The van der Waals surface area contributed by atoms with Crippen molar-refractivity contribution in [3.63, 3.8) is 0 Å². The standard InChI is InChI=1S/C16H14N4OS/c1-11-6-5-9-13(14(11)21)10-17-20-15(18-19-16(20)22)12-7-3-2-4-8-12/h2-10,21H,1H3,(H,19,22)/b17-10-. The van der Waals surface area contributed by atoms with E-state index in [1.807, 2.05) is 49.4 Å². The number of hydrogen-bond acceptors (Lipinski definition) is 4. The maximum absolute atomic E-state index is 10.0. The lowest BCUT2D eigenvalue weighted by Gasteiger charge is -2.03. The summed E-state index contributed by atoms with van der Waals surface area (Å²) < 4.78 is 1.93. The van der Waals surface area contributed by atoms with Gasteiger partial charge in [0.15, 0.2) is 5.82 Å². The lowest BCUT2D eigenvalue weighted by Crippen LogP contribution is -1.95. The predicted octanol–water partition coefficient (Wildman–Crippen LogP) is 3.50. The molecule has 0 saturated carbocycles. The number of nitrogens with zero attached hydrogens (tertiary/aromatic N) is 3. The predicted molar refractivity (Wildman–Crippen MR) is 88.7 cm³/mol. The van der Waals surface area contributed by atoms with Gasteiger partial charge in [0.25, 0.3) is 0 Å². The highest BCUT2D eigenvalue weighted by molar-refractivity contribution is 7.71. The molecule has 0 unspecified atom stereocenters. The minimum Gasteiger partial charge on any atom is -0.507 e. The van der Waals surface area contributed by atoms with Crippen LogP contribution < -0.4 is 0 Å². The summed E-state index contributed by atoms with van der Waals surface area (Å²) in [5.41, 5.74) is 2.32. The van der Waals surface area contributed by atoms with Crippen molar-refractivity contribution >= 4 is 18.4 Å². The number of H-pyrrole nitrogens is 1. The first kappa shape index (κ1) is 14.2. The van der Waals surface area contributed by atoms with Crippen molar-refractivity contribution in [3.05, 3.63) is 64.4 Å². The second kappa shape index (κ2) is 5.95. The van der Waals surface area contributed by atoms with Crippen LogP contribution in [-0.4, -0.2) is 26.2 Å². The molecule has 22 heavy (non-hydrogen) atoms. The SMILES string of the molecule is Cc1cccc(/C=N\n2c(-c3ccccc3)n[nH]c2=S)c1O. The first-order chi connectivity index (χ1) is 10.7. The zero-order valence-corrected chi connectivity index (χ0v) is 12.7. The molecule has 0 radical (unpaired) electrons. The molecule has 0 fully saturated rings. The largest absolute Gasteiger partial charge is 0.507 e. The van der Waals surface area contributed by atoms with E-state index in [9.17, 15) is 5.11 Å². The number of aryl methyl sites for hydroxylation is 1. The number of aromatic nitrogens is 3. The summed E-state index contributed by atoms with van der Waals surface area (Å²) in [6, 6.07) is 15.1. The van der Waals surface area contributed by atoms with Crippen LogP contribution in [-0.2, 0) is 0 Å². The number of aromatic amines is 1. The molecule has 3 rings (SSSR count). The van der Waals surface area contributed by atoms with Crippen LogP contribution in [0.3, 0.4) is 0 Å². The first-order valence-electron chi connectivity index (χ1n) is 6.72. The molecule has 1 heterocycles. The average molecular weight is 310 g/mol. The molecule has 0 aliphatic heterocycles. The lowest BCUT2D eigenvalue weighted by atomic mass is 10.1. The zero-order valence-electron chi connectivity index (χ0n) is 11.9. The van der Waals surface area contributed by atoms with E-state index in [0.717, 1.165) is 11.1 Å². The summed E-state index contributed by atoms with van der Waals surface area (Å²) in [4.78, 5) is 0. The van der Waals surface area contributed by atoms with Crippen molar-refractivity contribution in [3.8, 4) is 17.1 Å². The van der Waals surface area contributed by atoms with Gasteiger partial charge in [0.05, 0.1) is 6.21 Å². The Hall–Kier alpha value is -2.73. The normalized spacial score (nSPS) is 11.1. The van der Waals surface area contributed by atoms with Crippen LogP contribution in [0.2, 0.25) is 0 Å². The molecular formula is C16H14N4OS. The third-order valence-electron chi connectivity index (χ3n) is 3.26. The summed E-state index contributed by atoms with van der Waals surface area (Å²) in [5, 5.41) is 21.3. The summed E-state index contributed by atoms with van der Waals surface area (Å²) in [6.45, 7) is 1.84. The van der Waals surface area contributed by atoms with Gasteiger partial charge in [0.1, 0.15) is 5.75 Å². The van der Waals surface area contributed by atoms with Gasteiger partial charge in [0, 0.05) is 11.1 Å². The Balaban J connectivity index is 2.03. The molecule has 0 atom stereocenters. The minimum absolute atomic E-state index is 0.211. The Kier molecular flexibility index (Phi) is 3.84. The van der Waals surface area contributed by atoms with Gasteiger partial charge in [0.2, 0.25) is 4.77 Å². The Morgan fingerprint density at radius 3 is 2.73 bits per heavy atom. The Morgan fingerprint density at radius 2 is 1.95 bits per heavy atom. The third kappa shape index (κ3) is 2.68. The number of para-hydroxylation sites is 1. The Morgan fingerprint density at radius 1 is 1.18 bits per heavy atom. The van der Waals surface area contributed by atoms with E-state index in [-0.39, 0.29) is 5.75 Å². The molecule has 0 spiro atoms. The van der Waals surface area contributed by atoms with Crippen LogP contribution >= 0.6 is 12.2 Å². The van der Waals surface area contributed by atoms with Gasteiger partial charge in [-0.05, 0) is 30.8 Å². The molecule has 0 aliphatic rings. The molecule has 3 aromatic rings. The Bertz CT molecular complexity index is 881. The van der Waals surface area contributed by atoms with Crippen molar-refractivity contribution in [2.75, 3.05) is 0 Å². The van der Waals surface area contributed by atoms with Crippen molar-refractivity contribution < 1.29 is 5.11 Å². The highest BCUT2D eigenvalue weighted by Crippen LogP contribution is 2.20. The monoisotopic (exact) mass is 310 g/mol. The van der Waals surface area contributed by atoms with Crippen LogP contribution in [0.5, 0.6) is 5.75 Å².